The molecular formula is C26H29N3O5S. The number of carboxylic acids is 1. The average molecular weight is 496 g/mol. The Morgan fingerprint density at radius 1 is 0.857 bits per heavy atom. The zero-order valence-electron chi connectivity index (χ0n) is 20.0. The van der Waals surface area contributed by atoms with Gasteiger partial charge in [0.15, 0.2) is 0 Å². The third-order valence-electron chi connectivity index (χ3n) is 6.35. The van der Waals surface area contributed by atoms with Crippen LogP contribution in [0.15, 0.2) is 65.6 Å². The third-order valence-corrected chi connectivity index (χ3v) is 7.71. The first kappa shape index (κ1) is 24.4. The number of methoxy groups -OCH3 is 1. The molecule has 0 spiro atoms. The zero-order valence-corrected chi connectivity index (χ0v) is 20.8. The SMILES string of the molecule is COc1ccc(N2CCN(c3ccc(NS(=O)(=O)c4ccc(C)c(C)c4)c(C(=O)O)c3)CC2)cc1. The monoisotopic (exact) mass is 495 g/mol. The zero-order chi connectivity index (χ0) is 25.2. The van der Waals surface area contributed by atoms with Gasteiger partial charge in [-0.25, -0.2) is 13.2 Å². The molecule has 2 N–H and O–H groups in total. The Morgan fingerprint density at radius 3 is 2.03 bits per heavy atom. The maximum atomic E-state index is 12.9. The summed E-state index contributed by atoms with van der Waals surface area (Å²) in [5, 5.41) is 9.80. The van der Waals surface area contributed by atoms with Gasteiger partial charge >= 0.3 is 5.97 Å². The smallest absolute Gasteiger partial charge is 0.337 e. The third kappa shape index (κ3) is 5.35. The van der Waals surface area contributed by atoms with Crippen molar-refractivity contribution < 1.29 is 23.1 Å². The van der Waals surface area contributed by atoms with E-state index in [9.17, 15) is 18.3 Å². The fraction of sp³-hybridized carbons (Fsp3) is 0.269. The molecule has 1 saturated heterocycles. The van der Waals surface area contributed by atoms with Crippen LogP contribution in [-0.4, -0.2) is 52.8 Å². The summed E-state index contributed by atoms with van der Waals surface area (Å²) in [4.78, 5) is 16.5. The first-order chi connectivity index (χ1) is 16.7. The van der Waals surface area contributed by atoms with Crippen molar-refractivity contribution in [3.05, 3.63) is 77.4 Å². The van der Waals surface area contributed by atoms with E-state index in [2.05, 4.69) is 14.5 Å². The van der Waals surface area contributed by atoms with Gasteiger partial charge in [-0.2, -0.15) is 0 Å². The molecule has 1 aliphatic rings. The Balaban J connectivity index is 1.50. The normalized spacial score (nSPS) is 14.0. The molecule has 0 saturated carbocycles. The average Bonchev–Trinajstić information content (AvgIpc) is 2.85. The highest BCUT2D eigenvalue weighted by atomic mass is 32.2. The molecule has 1 heterocycles. The number of benzene rings is 3. The van der Waals surface area contributed by atoms with E-state index in [4.69, 9.17) is 4.74 Å². The molecule has 0 aromatic heterocycles. The van der Waals surface area contributed by atoms with Crippen molar-refractivity contribution in [2.75, 3.05) is 47.8 Å². The van der Waals surface area contributed by atoms with Crippen molar-refractivity contribution in [3.8, 4) is 5.75 Å². The lowest BCUT2D eigenvalue weighted by atomic mass is 10.1. The highest BCUT2D eigenvalue weighted by molar-refractivity contribution is 7.92. The molecule has 3 aromatic carbocycles. The number of aryl methyl sites for hydroxylation is 2. The molecule has 0 radical (unpaired) electrons. The molecule has 1 aliphatic heterocycles. The van der Waals surface area contributed by atoms with Crippen LogP contribution in [0.3, 0.4) is 0 Å². The number of carbonyl (C=O) groups is 1. The van der Waals surface area contributed by atoms with E-state index in [-0.39, 0.29) is 16.1 Å². The van der Waals surface area contributed by atoms with E-state index in [0.717, 1.165) is 41.3 Å². The van der Waals surface area contributed by atoms with Gasteiger partial charge in [-0.3, -0.25) is 4.72 Å². The van der Waals surface area contributed by atoms with Crippen LogP contribution in [0, 0.1) is 13.8 Å². The largest absolute Gasteiger partial charge is 0.497 e. The minimum Gasteiger partial charge on any atom is -0.497 e. The van der Waals surface area contributed by atoms with E-state index in [1.165, 1.54) is 18.2 Å². The van der Waals surface area contributed by atoms with Gasteiger partial charge in [0.1, 0.15) is 5.75 Å². The predicted octanol–water partition coefficient (Wildman–Crippen LogP) is 4.14. The van der Waals surface area contributed by atoms with Crippen LogP contribution in [0.25, 0.3) is 0 Å². The predicted molar refractivity (Wildman–Crippen MR) is 138 cm³/mol. The number of anilines is 3. The van der Waals surface area contributed by atoms with E-state index in [0.29, 0.717) is 13.1 Å². The van der Waals surface area contributed by atoms with Crippen molar-refractivity contribution >= 4 is 33.1 Å². The fourth-order valence-electron chi connectivity index (χ4n) is 4.10. The number of rotatable bonds is 7. The topological polar surface area (TPSA) is 99.2 Å². The number of ether oxygens (including phenoxy) is 1. The summed E-state index contributed by atoms with van der Waals surface area (Å²) in [6.07, 6.45) is 0. The molecule has 0 bridgehead atoms. The highest BCUT2D eigenvalue weighted by Crippen LogP contribution is 2.28. The Labute approximate surface area is 205 Å². The van der Waals surface area contributed by atoms with E-state index >= 15 is 0 Å². The Kier molecular flexibility index (Phi) is 6.88. The number of aromatic carboxylic acids is 1. The summed E-state index contributed by atoms with van der Waals surface area (Å²) >= 11 is 0. The van der Waals surface area contributed by atoms with Crippen molar-refractivity contribution in [1.82, 2.24) is 0 Å². The van der Waals surface area contributed by atoms with Gasteiger partial charge in [0.25, 0.3) is 10.0 Å². The first-order valence-electron chi connectivity index (χ1n) is 11.3. The first-order valence-corrected chi connectivity index (χ1v) is 12.8. The minimum atomic E-state index is -3.93. The highest BCUT2D eigenvalue weighted by Gasteiger charge is 2.22. The van der Waals surface area contributed by atoms with E-state index < -0.39 is 16.0 Å². The Hall–Kier alpha value is -3.72. The van der Waals surface area contributed by atoms with Gasteiger partial charge in [0.2, 0.25) is 0 Å². The van der Waals surface area contributed by atoms with Gasteiger partial charge in [-0.1, -0.05) is 6.07 Å². The van der Waals surface area contributed by atoms with Gasteiger partial charge in [0.05, 0.1) is 23.3 Å². The number of nitrogens with one attached hydrogen (secondary N) is 1. The number of sulfonamides is 1. The molecule has 9 heteroatoms. The molecule has 0 unspecified atom stereocenters. The molecule has 184 valence electrons. The maximum Gasteiger partial charge on any atom is 0.337 e. The molecule has 4 rings (SSSR count). The lowest BCUT2D eigenvalue weighted by Crippen LogP contribution is -2.46. The lowest BCUT2D eigenvalue weighted by molar-refractivity contribution is 0.0698. The summed E-state index contributed by atoms with van der Waals surface area (Å²) in [5.41, 5.74) is 3.62. The van der Waals surface area contributed by atoms with Crippen LogP contribution in [0.1, 0.15) is 21.5 Å². The number of carboxylic acid groups (broad SMARTS) is 1. The summed E-state index contributed by atoms with van der Waals surface area (Å²) < 4.78 is 33.5. The standard InChI is InChI=1S/C26H29N3O5S/c1-18-4-10-23(16-19(18)2)35(32,33)27-25-11-7-21(17-24(25)26(30)31)29-14-12-28(13-15-29)20-5-8-22(34-3)9-6-20/h4-11,16-17,27H,12-15H2,1-3H3,(H,30,31). The molecule has 8 nitrogen and oxygen atoms in total. The molecule has 35 heavy (non-hydrogen) atoms. The van der Waals surface area contributed by atoms with Crippen molar-refractivity contribution in [2.24, 2.45) is 0 Å². The summed E-state index contributed by atoms with van der Waals surface area (Å²) in [6, 6.07) is 17.5. The summed E-state index contributed by atoms with van der Waals surface area (Å²) in [7, 11) is -2.29. The molecular weight excluding hydrogens is 466 g/mol. The van der Waals surface area contributed by atoms with Crippen molar-refractivity contribution in [1.29, 1.82) is 0 Å². The van der Waals surface area contributed by atoms with Gasteiger partial charge in [0, 0.05) is 37.6 Å². The van der Waals surface area contributed by atoms with E-state index in [1.807, 2.05) is 38.1 Å². The van der Waals surface area contributed by atoms with Crippen LogP contribution >= 0.6 is 0 Å². The lowest BCUT2D eigenvalue weighted by Gasteiger charge is -2.37. The van der Waals surface area contributed by atoms with E-state index in [1.54, 1.807) is 25.3 Å². The minimum absolute atomic E-state index is 0.0383. The van der Waals surface area contributed by atoms with Crippen LogP contribution in [-0.2, 0) is 10.0 Å². The van der Waals surface area contributed by atoms with Crippen molar-refractivity contribution in [2.45, 2.75) is 18.7 Å². The molecule has 1 fully saturated rings. The molecule has 3 aromatic rings. The second-order valence-electron chi connectivity index (χ2n) is 8.56. The Bertz CT molecular complexity index is 1330. The van der Waals surface area contributed by atoms with Crippen molar-refractivity contribution in [3.63, 3.8) is 0 Å². The molecule has 0 aliphatic carbocycles. The van der Waals surface area contributed by atoms with Crippen LogP contribution in [0.4, 0.5) is 17.1 Å². The number of piperazine rings is 1. The number of nitrogens with zero attached hydrogens (tertiary/aromatic N) is 2. The van der Waals surface area contributed by atoms with Crippen LogP contribution < -0.4 is 19.3 Å². The fourth-order valence-corrected chi connectivity index (χ4v) is 5.26. The number of hydrogen-bond donors (Lipinski definition) is 2. The molecule has 0 amide bonds. The summed E-state index contributed by atoms with van der Waals surface area (Å²) in [5.74, 6) is -0.386. The van der Waals surface area contributed by atoms with Gasteiger partial charge < -0.3 is 19.6 Å². The summed E-state index contributed by atoms with van der Waals surface area (Å²) in [6.45, 7) is 6.70. The Morgan fingerprint density at radius 2 is 1.46 bits per heavy atom. The molecule has 0 atom stereocenters. The second kappa shape index (κ2) is 9.87. The number of hydrogen-bond acceptors (Lipinski definition) is 6. The second-order valence-corrected chi connectivity index (χ2v) is 10.2. The quantitative estimate of drug-likeness (QED) is 0.508. The van der Waals surface area contributed by atoms with Gasteiger partial charge in [-0.05, 0) is 79.6 Å². The maximum absolute atomic E-state index is 12.9. The van der Waals surface area contributed by atoms with Gasteiger partial charge in [-0.15, -0.1) is 0 Å². The van der Waals surface area contributed by atoms with Crippen LogP contribution in [0.2, 0.25) is 0 Å². The van der Waals surface area contributed by atoms with Crippen LogP contribution in [0.5, 0.6) is 5.75 Å².